The number of carboxylic acid groups (broad SMARTS) is 2. The molecule has 0 spiro atoms. The summed E-state index contributed by atoms with van der Waals surface area (Å²) in [6.07, 6.45) is -0.113. The maximum absolute atomic E-state index is 12.0. The zero-order chi connectivity index (χ0) is 21.9. The number of carboxylic acids is 2. The molecule has 0 saturated heterocycles. The van der Waals surface area contributed by atoms with Gasteiger partial charge in [-0.15, -0.1) is 0 Å². The highest BCUT2D eigenvalue weighted by molar-refractivity contribution is 7.80. The Morgan fingerprint density at radius 3 is 2.07 bits per heavy atom. The summed E-state index contributed by atoms with van der Waals surface area (Å²) in [4.78, 5) is 57.5. The van der Waals surface area contributed by atoms with E-state index in [2.05, 4.69) is 28.6 Å². The van der Waals surface area contributed by atoms with E-state index in [9.17, 15) is 29.1 Å². The first kappa shape index (κ1) is 25.7. The van der Waals surface area contributed by atoms with E-state index >= 15 is 0 Å². The third-order valence-corrected chi connectivity index (χ3v) is 3.95. The standard InChI is InChI=1S/C16H28N4O7S/c1-8(2)5-9(17)14(24)20-10(16(26)27)3-4-12(21)19-11(7-28)15(25)18-6-13(22)23/h8-11,28H,3-7,17H2,1-2H3,(H,18,25)(H,19,21)(H,20,24)(H,22,23)(H,26,27)/t9-,10-,11-/m0/s1. The third-order valence-electron chi connectivity index (χ3n) is 3.58. The van der Waals surface area contributed by atoms with Crippen LogP contribution in [-0.2, 0) is 24.0 Å². The van der Waals surface area contributed by atoms with Crippen LogP contribution in [0.15, 0.2) is 0 Å². The molecule has 0 aromatic carbocycles. The molecule has 0 bridgehead atoms. The molecule has 3 atom stereocenters. The summed E-state index contributed by atoms with van der Waals surface area (Å²) in [6, 6.07) is -3.25. The number of carbonyl (C=O) groups excluding carboxylic acids is 3. The van der Waals surface area contributed by atoms with Crippen molar-refractivity contribution in [2.45, 2.75) is 51.2 Å². The van der Waals surface area contributed by atoms with Gasteiger partial charge in [0, 0.05) is 12.2 Å². The van der Waals surface area contributed by atoms with Gasteiger partial charge >= 0.3 is 11.9 Å². The SMILES string of the molecule is CC(C)C[C@H](N)C(=O)N[C@@H](CCC(=O)N[C@@H](CS)C(=O)NCC(=O)O)C(=O)O. The van der Waals surface area contributed by atoms with Crippen molar-refractivity contribution in [2.75, 3.05) is 12.3 Å². The number of rotatable bonds is 13. The number of aliphatic carboxylic acids is 2. The van der Waals surface area contributed by atoms with Gasteiger partial charge in [-0.25, -0.2) is 4.79 Å². The van der Waals surface area contributed by atoms with Crippen molar-refractivity contribution in [2.24, 2.45) is 11.7 Å². The van der Waals surface area contributed by atoms with Gasteiger partial charge in [-0.2, -0.15) is 12.6 Å². The summed E-state index contributed by atoms with van der Waals surface area (Å²) in [5, 5.41) is 24.5. The zero-order valence-corrected chi connectivity index (χ0v) is 16.7. The molecular weight excluding hydrogens is 392 g/mol. The van der Waals surface area contributed by atoms with E-state index < -0.39 is 54.3 Å². The Hall–Kier alpha value is -2.34. The summed E-state index contributed by atoms with van der Waals surface area (Å²) in [7, 11) is 0. The molecule has 12 heteroatoms. The van der Waals surface area contributed by atoms with Crippen molar-refractivity contribution in [1.29, 1.82) is 0 Å². The van der Waals surface area contributed by atoms with Crippen LogP contribution in [0.5, 0.6) is 0 Å². The minimum atomic E-state index is -1.32. The van der Waals surface area contributed by atoms with Gasteiger partial charge < -0.3 is 31.9 Å². The molecule has 0 heterocycles. The van der Waals surface area contributed by atoms with Crippen LogP contribution in [0, 0.1) is 5.92 Å². The summed E-state index contributed by atoms with van der Waals surface area (Å²) >= 11 is 3.92. The lowest BCUT2D eigenvalue weighted by Gasteiger charge is -2.19. The van der Waals surface area contributed by atoms with Gasteiger partial charge in [-0.05, 0) is 18.8 Å². The predicted molar refractivity (Wildman–Crippen MR) is 103 cm³/mol. The highest BCUT2D eigenvalue weighted by atomic mass is 32.1. The molecule has 0 aromatic heterocycles. The second kappa shape index (κ2) is 12.9. The molecule has 0 unspecified atom stereocenters. The van der Waals surface area contributed by atoms with Gasteiger partial charge in [0.15, 0.2) is 0 Å². The van der Waals surface area contributed by atoms with Gasteiger partial charge in [0.05, 0.1) is 6.04 Å². The lowest BCUT2D eigenvalue weighted by atomic mass is 10.0. The Bertz CT molecular complexity index is 585. The van der Waals surface area contributed by atoms with E-state index in [4.69, 9.17) is 10.8 Å². The van der Waals surface area contributed by atoms with E-state index in [0.29, 0.717) is 6.42 Å². The van der Waals surface area contributed by atoms with E-state index in [0.717, 1.165) is 0 Å². The van der Waals surface area contributed by atoms with Gasteiger partial charge in [0.25, 0.3) is 0 Å². The summed E-state index contributed by atoms with van der Waals surface area (Å²) in [5.41, 5.74) is 5.71. The fourth-order valence-corrected chi connectivity index (χ4v) is 2.43. The highest BCUT2D eigenvalue weighted by Crippen LogP contribution is 2.05. The van der Waals surface area contributed by atoms with Crippen molar-refractivity contribution in [1.82, 2.24) is 16.0 Å². The van der Waals surface area contributed by atoms with Crippen LogP contribution in [0.25, 0.3) is 0 Å². The Labute approximate surface area is 168 Å². The predicted octanol–water partition coefficient (Wildman–Crippen LogP) is -1.68. The smallest absolute Gasteiger partial charge is 0.326 e. The van der Waals surface area contributed by atoms with Gasteiger partial charge in [-0.1, -0.05) is 13.8 Å². The molecule has 0 radical (unpaired) electrons. The van der Waals surface area contributed by atoms with Gasteiger partial charge in [-0.3, -0.25) is 19.2 Å². The van der Waals surface area contributed by atoms with Crippen molar-refractivity contribution in [3.8, 4) is 0 Å². The van der Waals surface area contributed by atoms with Crippen LogP contribution in [0.3, 0.4) is 0 Å². The third kappa shape index (κ3) is 10.7. The van der Waals surface area contributed by atoms with Crippen LogP contribution in [0.1, 0.15) is 33.1 Å². The maximum atomic E-state index is 12.0. The second-order valence-electron chi connectivity index (χ2n) is 6.59. The number of hydrogen-bond acceptors (Lipinski definition) is 7. The number of nitrogens with two attached hydrogens (primary N) is 1. The Balaban J connectivity index is 4.63. The first-order valence-electron chi connectivity index (χ1n) is 8.66. The van der Waals surface area contributed by atoms with Crippen LogP contribution in [0.2, 0.25) is 0 Å². The highest BCUT2D eigenvalue weighted by Gasteiger charge is 2.25. The van der Waals surface area contributed by atoms with Crippen molar-refractivity contribution < 1.29 is 34.2 Å². The molecule has 11 nitrogen and oxygen atoms in total. The molecule has 160 valence electrons. The fourth-order valence-electron chi connectivity index (χ4n) is 2.17. The average molecular weight is 420 g/mol. The molecule has 3 amide bonds. The second-order valence-corrected chi connectivity index (χ2v) is 6.95. The Morgan fingerprint density at radius 2 is 1.61 bits per heavy atom. The number of amides is 3. The normalized spacial score (nSPS) is 13.9. The lowest BCUT2D eigenvalue weighted by Crippen LogP contribution is -2.50. The van der Waals surface area contributed by atoms with Crippen molar-refractivity contribution >= 4 is 42.3 Å². The molecule has 0 aliphatic carbocycles. The number of carbonyl (C=O) groups is 5. The Kier molecular flexibility index (Phi) is 11.9. The van der Waals surface area contributed by atoms with E-state index in [1.165, 1.54) is 0 Å². The zero-order valence-electron chi connectivity index (χ0n) is 15.8. The van der Waals surface area contributed by atoms with Crippen LogP contribution in [-0.4, -0.2) is 70.3 Å². The molecule has 28 heavy (non-hydrogen) atoms. The average Bonchev–Trinajstić information content (AvgIpc) is 2.59. The van der Waals surface area contributed by atoms with Gasteiger partial charge in [0.2, 0.25) is 17.7 Å². The van der Waals surface area contributed by atoms with Crippen LogP contribution in [0.4, 0.5) is 0 Å². The summed E-state index contributed by atoms with van der Waals surface area (Å²) in [5.74, 6) is -4.48. The topological polar surface area (TPSA) is 188 Å². The molecule has 0 fully saturated rings. The number of hydrogen-bond donors (Lipinski definition) is 7. The van der Waals surface area contributed by atoms with Gasteiger partial charge in [0.1, 0.15) is 18.6 Å². The molecular formula is C16H28N4O7S. The Morgan fingerprint density at radius 1 is 1.00 bits per heavy atom. The summed E-state index contributed by atoms with van der Waals surface area (Å²) < 4.78 is 0. The molecule has 0 saturated carbocycles. The molecule has 0 aliphatic rings. The lowest BCUT2D eigenvalue weighted by molar-refractivity contribution is -0.142. The summed E-state index contributed by atoms with van der Waals surface area (Å²) in [6.45, 7) is 3.13. The van der Waals surface area contributed by atoms with Crippen molar-refractivity contribution in [3.05, 3.63) is 0 Å². The first-order chi connectivity index (χ1) is 13.0. The largest absolute Gasteiger partial charge is 0.480 e. The molecule has 7 N–H and O–H groups in total. The van der Waals surface area contributed by atoms with E-state index in [1.807, 2.05) is 13.8 Å². The number of thiol groups is 1. The van der Waals surface area contributed by atoms with E-state index in [1.54, 1.807) is 0 Å². The maximum Gasteiger partial charge on any atom is 0.326 e. The molecule has 0 rings (SSSR count). The molecule has 0 aliphatic heterocycles. The molecule has 0 aromatic rings. The minimum absolute atomic E-state index is 0.0830. The monoisotopic (exact) mass is 420 g/mol. The van der Waals surface area contributed by atoms with Crippen molar-refractivity contribution in [3.63, 3.8) is 0 Å². The quantitative estimate of drug-likeness (QED) is 0.172. The number of nitrogens with one attached hydrogen (secondary N) is 3. The first-order valence-corrected chi connectivity index (χ1v) is 9.29. The fraction of sp³-hybridized carbons (Fsp3) is 0.688. The van der Waals surface area contributed by atoms with Crippen LogP contribution < -0.4 is 21.7 Å². The van der Waals surface area contributed by atoms with Crippen LogP contribution >= 0.6 is 12.6 Å². The van der Waals surface area contributed by atoms with E-state index in [-0.39, 0.29) is 24.5 Å². The minimum Gasteiger partial charge on any atom is -0.480 e.